The second-order valence-electron chi connectivity index (χ2n) is 5.13. The summed E-state index contributed by atoms with van der Waals surface area (Å²) in [6.07, 6.45) is 0.805. The van der Waals surface area contributed by atoms with Gasteiger partial charge in [-0.05, 0) is 30.7 Å². The van der Waals surface area contributed by atoms with Crippen molar-refractivity contribution < 1.29 is 9.59 Å². The van der Waals surface area contributed by atoms with Crippen LogP contribution in [0.5, 0.6) is 0 Å². The van der Waals surface area contributed by atoms with Crippen LogP contribution >= 0.6 is 0 Å². The van der Waals surface area contributed by atoms with Gasteiger partial charge in [0.05, 0.1) is 11.4 Å². The lowest BCUT2D eigenvalue weighted by atomic mass is 10.3. The molecule has 2 aromatic rings. The molecule has 3 rings (SSSR count). The molecule has 3 amide bonds. The number of urea groups is 1. The lowest BCUT2D eigenvalue weighted by Gasteiger charge is -2.16. The second-order valence-corrected chi connectivity index (χ2v) is 5.13. The van der Waals surface area contributed by atoms with Crippen LogP contribution in [0.1, 0.15) is 13.3 Å². The number of carbonyl (C=O) groups is 2. The van der Waals surface area contributed by atoms with E-state index >= 15 is 0 Å². The van der Waals surface area contributed by atoms with Crippen molar-refractivity contribution in [1.82, 2.24) is 0 Å². The van der Waals surface area contributed by atoms with Crippen molar-refractivity contribution in [3.05, 3.63) is 60.7 Å². The van der Waals surface area contributed by atoms with Gasteiger partial charge in [-0.1, -0.05) is 43.3 Å². The number of amidine groups is 1. The molecule has 0 bridgehead atoms. The third-order valence-electron chi connectivity index (χ3n) is 3.50. The summed E-state index contributed by atoms with van der Waals surface area (Å²) < 4.78 is 0. The van der Waals surface area contributed by atoms with Gasteiger partial charge in [-0.2, -0.15) is 0 Å². The summed E-state index contributed by atoms with van der Waals surface area (Å²) in [6, 6.07) is 17.6. The van der Waals surface area contributed by atoms with Crippen LogP contribution in [0.3, 0.4) is 0 Å². The van der Waals surface area contributed by atoms with E-state index in [9.17, 15) is 9.59 Å². The smallest absolute Gasteiger partial charge is 0.265 e. The summed E-state index contributed by atoms with van der Waals surface area (Å²) >= 11 is 0. The summed E-state index contributed by atoms with van der Waals surface area (Å²) in [5.41, 5.74) is 1.18. The lowest BCUT2D eigenvalue weighted by molar-refractivity contribution is -0.111. The summed E-state index contributed by atoms with van der Waals surface area (Å²) in [7, 11) is 0. The van der Waals surface area contributed by atoms with Crippen LogP contribution in [0.4, 0.5) is 16.2 Å². The number of benzene rings is 2. The topological polar surface area (TPSA) is 53.0 Å². The predicted molar refractivity (Wildman–Crippen MR) is 90.8 cm³/mol. The largest absolute Gasteiger partial charge is 0.342 e. The maximum Gasteiger partial charge on any atom is 0.342 e. The monoisotopic (exact) mass is 307 g/mol. The molecule has 5 nitrogen and oxygen atoms in total. The zero-order valence-electron chi connectivity index (χ0n) is 12.8. The maximum atomic E-state index is 12.8. The van der Waals surface area contributed by atoms with E-state index in [1.54, 1.807) is 36.4 Å². The first-order valence-corrected chi connectivity index (χ1v) is 7.57. The van der Waals surface area contributed by atoms with Crippen LogP contribution in [-0.4, -0.2) is 24.3 Å². The third kappa shape index (κ3) is 2.73. The molecule has 116 valence electrons. The van der Waals surface area contributed by atoms with E-state index < -0.39 is 11.9 Å². The molecule has 0 unspecified atom stereocenters. The van der Waals surface area contributed by atoms with E-state index in [1.165, 1.54) is 9.80 Å². The highest BCUT2D eigenvalue weighted by molar-refractivity contribution is 6.61. The molecule has 0 radical (unpaired) electrons. The zero-order chi connectivity index (χ0) is 16.2. The fraction of sp³-hybridized carbons (Fsp3) is 0.167. The summed E-state index contributed by atoms with van der Waals surface area (Å²) in [4.78, 5) is 32.5. The molecular weight excluding hydrogens is 290 g/mol. The minimum Gasteiger partial charge on any atom is -0.265 e. The number of aliphatic imine (C=N–C) groups is 1. The molecule has 1 saturated heterocycles. The Morgan fingerprint density at radius 2 is 1.35 bits per heavy atom. The van der Waals surface area contributed by atoms with Crippen LogP contribution in [0, 0.1) is 0 Å². The van der Waals surface area contributed by atoms with Crippen molar-refractivity contribution in [3.8, 4) is 0 Å². The lowest BCUT2D eigenvalue weighted by Crippen LogP contribution is -2.33. The first kappa shape index (κ1) is 15.0. The van der Waals surface area contributed by atoms with Crippen molar-refractivity contribution in [2.75, 3.05) is 16.3 Å². The van der Waals surface area contributed by atoms with Crippen LogP contribution in [0.15, 0.2) is 65.7 Å². The Labute approximate surface area is 134 Å². The van der Waals surface area contributed by atoms with Crippen LogP contribution in [-0.2, 0) is 4.79 Å². The van der Waals surface area contributed by atoms with E-state index in [-0.39, 0.29) is 5.84 Å². The number of anilines is 2. The van der Waals surface area contributed by atoms with Gasteiger partial charge in [0.25, 0.3) is 0 Å². The van der Waals surface area contributed by atoms with E-state index in [1.807, 2.05) is 31.2 Å². The molecule has 2 aromatic carbocycles. The minimum absolute atomic E-state index is 0.173. The van der Waals surface area contributed by atoms with Gasteiger partial charge in [-0.25, -0.2) is 14.6 Å². The highest BCUT2D eigenvalue weighted by atomic mass is 16.2. The maximum absolute atomic E-state index is 12.8. The average Bonchev–Trinajstić information content (AvgIpc) is 2.84. The Bertz CT molecular complexity index is 741. The Morgan fingerprint density at radius 3 is 1.87 bits per heavy atom. The van der Waals surface area contributed by atoms with Gasteiger partial charge in [-0.3, -0.25) is 9.79 Å². The normalized spacial score (nSPS) is 16.5. The van der Waals surface area contributed by atoms with Crippen molar-refractivity contribution >= 4 is 29.1 Å². The molecule has 0 atom stereocenters. The predicted octanol–water partition coefficient (Wildman–Crippen LogP) is 3.47. The van der Waals surface area contributed by atoms with Crippen LogP contribution in [0.25, 0.3) is 0 Å². The molecule has 0 aliphatic carbocycles. The molecule has 0 spiro atoms. The quantitative estimate of drug-likeness (QED) is 0.812. The fourth-order valence-corrected chi connectivity index (χ4v) is 2.44. The number of nitrogens with zero attached hydrogens (tertiary/aromatic N) is 3. The molecule has 1 aliphatic heterocycles. The first-order chi connectivity index (χ1) is 11.2. The Balaban J connectivity index is 2.07. The number of hydrogen-bond donors (Lipinski definition) is 0. The van der Waals surface area contributed by atoms with Gasteiger partial charge in [-0.15, -0.1) is 0 Å². The van der Waals surface area contributed by atoms with Crippen molar-refractivity contribution in [2.24, 2.45) is 4.99 Å². The summed E-state index contributed by atoms with van der Waals surface area (Å²) in [5, 5.41) is 0. The molecule has 0 N–H and O–H groups in total. The molecule has 5 heteroatoms. The molecular formula is C18H17N3O2. The highest BCUT2D eigenvalue weighted by Crippen LogP contribution is 2.27. The number of carbonyl (C=O) groups excluding carboxylic acids is 2. The van der Waals surface area contributed by atoms with Crippen LogP contribution in [0.2, 0.25) is 0 Å². The number of rotatable bonds is 4. The summed E-state index contributed by atoms with van der Waals surface area (Å²) in [6.45, 7) is 2.48. The third-order valence-corrected chi connectivity index (χ3v) is 3.50. The van der Waals surface area contributed by atoms with Gasteiger partial charge in [0.1, 0.15) is 0 Å². The number of imide groups is 1. The molecule has 1 heterocycles. The van der Waals surface area contributed by atoms with E-state index in [2.05, 4.69) is 4.99 Å². The zero-order valence-corrected chi connectivity index (χ0v) is 12.8. The molecule has 0 aromatic heterocycles. The molecule has 23 heavy (non-hydrogen) atoms. The van der Waals surface area contributed by atoms with Crippen molar-refractivity contribution in [2.45, 2.75) is 13.3 Å². The first-order valence-electron chi connectivity index (χ1n) is 7.57. The Kier molecular flexibility index (Phi) is 4.19. The summed E-state index contributed by atoms with van der Waals surface area (Å²) in [5.74, 6) is -0.217. The number of para-hydroxylation sites is 2. The molecule has 0 saturated carbocycles. The van der Waals surface area contributed by atoms with Gasteiger partial charge in [0.2, 0.25) is 5.84 Å². The Morgan fingerprint density at radius 1 is 0.826 bits per heavy atom. The van der Waals surface area contributed by atoms with Gasteiger partial charge >= 0.3 is 11.9 Å². The van der Waals surface area contributed by atoms with E-state index in [0.717, 1.165) is 6.42 Å². The van der Waals surface area contributed by atoms with E-state index in [4.69, 9.17) is 0 Å². The van der Waals surface area contributed by atoms with Gasteiger partial charge < -0.3 is 0 Å². The van der Waals surface area contributed by atoms with E-state index in [0.29, 0.717) is 17.9 Å². The molecule has 1 aliphatic rings. The fourth-order valence-electron chi connectivity index (χ4n) is 2.44. The SMILES string of the molecule is CCCN=C1C(=O)N(c2ccccc2)C(=O)N1c1ccccc1. The number of amides is 3. The molecule has 1 fully saturated rings. The van der Waals surface area contributed by atoms with Crippen molar-refractivity contribution in [3.63, 3.8) is 0 Å². The standard InChI is InChI=1S/C18H17N3O2/c1-2-13-19-16-17(22)21(15-11-7-4-8-12-15)18(23)20(16)14-9-5-3-6-10-14/h3-12H,2,13H2,1H3. The van der Waals surface area contributed by atoms with Gasteiger partial charge in [0, 0.05) is 6.54 Å². The van der Waals surface area contributed by atoms with Gasteiger partial charge in [0.15, 0.2) is 0 Å². The minimum atomic E-state index is -0.401. The highest BCUT2D eigenvalue weighted by Gasteiger charge is 2.44. The average molecular weight is 307 g/mol. The number of hydrogen-bond acceptors (Lipinski definition) is 3. The van der Waals surface area contributed by atoms with Crippen LogP contribution < -0.4 is 9.80 Å². The van der Waals surface area contributed by atoms with Crippen molar-refractivity contribution in [1.29, 1.82) is 0 Å². The second kappa shape index (κ2) is 6.44. The Hall–Kier alpha value is -2.95.